The molecule has 1 aromatic heterocycles. The van der Waals surface area contributed by atoms with Gasteiger partial charge in [-0.05, 0) is 60.5 Å². The minimum absolute atomic E-state index is 0.111. The zero-order chi connectivity index (χ0) is 19.6. The molecule has 1 saturated heterocycles. The molecule has 3 aromatic rings. The van der Waals surface area contributed by atoms with Crippen molar-refractivity contribution in [3.8, 4) is 0 Å². The van der Waals surface area contributed by atoms with E-state index in [9.17, 15) is 8.42 Å². The van der Waals surface area contributed by atoms with Gasteiger partial charge in [0.2, 0.25) is 0 Å². The summed E-state index contributed by atoms with van der Waals surface area (Å²) in [5, 5.41) is 8.30. The quantitative estimate of drug-likeness (QED) is 0.691. The molecular weight excluding hydrogens is 370 g/mol. The third-order valence-electron chi connectivity index (χ3n) is 5.49. The number of piperidine rings is 1. The molecule has 0 aliphatic carbocycles. The zero-order valence-electron chi connectivity index (χ0n) is 16.3. The molecule has 4 rings (SSSR count). The van der Waals surface area contributed by atoms with Crippen LogP contribution in [0.3, 0.4) is 0 Å². The SMILES string of the molecule is CS(=O)(=O)Cc1ccc(CN2CCCC(Cc3ccc4[nH]ncc4c3)C2)cc1. The highest BCUT2D eigenvalue weighted by Crippen LogP contribution is 2.24. The predicted octanol–water partition coefficient (Wildman–Crippen LogP) is 3.56. The fourth-order valence-electron chi connectivity index (χ4n) is 4.22. The second-order valence-corrected chi connectivity index (χ2v) is 10.3. The van der Waals surface area contributed by atoms with Crippen molar-refractivity contribution < 1.29 is 8.42 Å². The summed E-state index contributed by atoms with van der Waals surface area (Å²) in [6, 6.07) is 14.6. The molecule has 0 bridgehead atoms. The van der Waals surface area contributed by atoms with Crippen molar-refractivity contribution in [2.75, 3.05) is 19.3 Å². The minimum atomic E-state index is -2.98. The van der Waals surface area contributed by atoms with E-state index in [1.54, 1.807) is 0 Å². The first-order valence-electron chi connectivity index (χ1n) is 9.84. The second-order valence-electron chi connectivity index (χ2n) is 8.13. The Bertz CT molecular complexity index is 1040. The molecule has 0 spiro atoms. The Morgan fingerprint density at radius 3 is 2.64 bits per heavy atom. The highest BCUT2D eigenvalue weighted by Gasteiger charge is 2.20. The lowest BCUT2D eigenvalue weighted by molar-refractivity contribution is 0.167. The molecule has 148 valence electrons. The Kier molecular flexibility index (Phi) is 5.51. The molecule has 2 aromatic carbocycles. The average molecular weight is 398 g/mol. The van der Waals surface area contributed by atoms with Gasteiger partial charge in [-0.2, -0.15) is 5.10 Å². The number of hydrogen-bond donors (Lipinski definition) is 1. The summed E-state index contributed by atoms with van der Waals surface area (Å²) in [6.07, 6.45) is 6.77. The summed E-state index contributed by atoms with van der Waals surface area (Å²) in [5.74, 6) is 0.780. The molecule has 1 N–H and O–H groups in total. The molecular formula is C22H27N3O2S. The van der Waals surface area contributed by atoms with E-state index < -0.39 is 9.84 Å². The first-order chi connectivity index (χ1) is 13.4. The smallest absolute Gasteiger partial charge is 0.151 e. The number of sulfone groups is 1. The number of aromatic nitrogens is 2. The van der Waals surface area contributed by atoms with Crippen LogP contribution in [0.2, 0.25) is 0 Å². The predicted molar refractivity (Wildman–Crippen MR) is 113 cm³/mol. The Morgan fingerprint density at radius 2 is 1.86 bits per heavy atom. The lowest BCUT2D eigenvalue weighted by Crippen LogP contribution is -2.35. The molecule has 0 saturated carbocycles. The van der Waals surface area contributed by atoms with Crippen LogP contribution in [-0.2, 0) is 28.6 Å². The Labute approximate surface area is 166 Å². The molecule has 0 radical (unpaired) electrons. The van der Waals surface area contributed by atoms with Crippen molar-refractivity contribution in [1.82, 2.24) is 15.1 Å². The maximum absolute atomic E-state index is 11.4. The molecule has 1 atom stereocenters. The van der Waals surface area contributed by atoms with Crippen LogP contribution in [0.15, 0.2) is 48.7 Å². The number of aromatic amines is 1. The van der Waals surface area contributed by atoms with Crippen LogP contribution >= 0.6 is 0 Å². The number of nitrogens with one attached hydrogen (secondary N) is 1. The third kappa shape index (κ3) is 5.00. The van der Waals surface area contributed by atoms with Gasteiger partial charge in [-0.1, -0.05) is 30.3 Å². The number of rotatable bonds is 6. The lowest BCUT2D eigenvalue weighted by Gasteiger charge is -2.33. The van der Waals surface area contributed by atoms with Gasteiger partial charge in [-0.15, -0.1) is 0 Å². The summed E-state index contributed by atoms with van der Waals surface area (Å²) in [7, 11) is -2.98. The molecule has 1 aliphatic heterocycles. The third-order valence-corrected chi connectivity index (χ3v) is 6.35. The highest BCUT2D eigenvalue weighted by molar-refractivity contribution is 7.89. The van der Waals surface area contributed by atoms with Gasteiger partial charge in [0.1, 0.15) is 0 Å². The first-order valence-corrected chi connectivity index (χ1v) is 11.9. The zero-order valence-corrected chi connectivity index (χ0v) is 17.1. The fraction of sp³-hybridized carbons (Fsp3) is 0.409. The van der Waals surface area contributed by atoms with E-state index in [2.05, 4.69) is 45.4 Å². The first kappa shape index (κ1) is 19.2. The van der Waals surface area contributed by atoms with Gasteiger partial charge in [-0.25, -0.2) is 8.42 Å². The van der Waals surface area contributed by atoms with E-state index in [-0.39, 0.29) is 5.75 Å². The number of nitrogens with zero attached hydrogens (tertiary/aromatic N) is 2. The highest BCUT2D eigenvalue weighted by atomic mass is 32.2. The average Bonchev–Trinajstić information content (AvgIpc) is 3.10. The van der Waals surface area contributed by atoms with Gasteiger partial charge in [0.15, 0.2) is 9.84 Å². The number of benzene rings is 2. The van der Waals surface area contributed by atoms with E-state index >= 15 is 0 Å². The molecule has 6 heteroatoms. The van der Waals surface area contributed by atoms with E-state index in [4.69, 9.17) is 0 Å². The van der Waals surface area contributed by atoms with Crippen LogP contribution in [0.1, 0.15) is 29.5 Å². The molecule has 1 aliphatic rings. The second kappa shape index (κ2) is 8.05. The van der Waals surface area contributed by atoms with Crippen molar-refractivity contribution in [2.24, 2.45) is 5.92 Å². The van der Waals surface area contributed by atoms with Gasteiger partial charge < -0.3 is 0 Å². The van der Waals surface area contributed by atoms with Crippen molar-refractivity contribution >= 4 is 20.7 Å². The summed E-state index contributed by atoms with van der Waals surface area (Å²) >= 11 is 0. The number of hydrogen-bond acceptors (Lipinski definition) is 4. The van der Waals surface area contributed by atoms with Gasteiger partial charge in [0, 0.05) is 24.7 Å². The van der Waals surface area contributed by atoms with Gasteiger partial charge in [-0.3, -0.25) is 10.00 Å². The minimum Gasteiger partial charge on any atom is -0.299 e. The number of likely N-dealkylation sites (tertiary alicyclic amines) is 1. The molecule has 28 heavy (non-hydrogen) atoms. The molecule has 5 nitrogen and oxygen atoms in total. The summed E-state index contributed by atoms with van der Waals surface area (Å²) in [6.45, 7) is 3.16. The normalized spacial score (nSPS) is 18.5. The van der Waals surface area contributed by atoms with Crippen LogP contribution in [0.5, 0.6) is 0 Å². The fourth-order valence-corrected chi connectivity index (χ4v) is 5.01. The van der Waals surface area contributed by atoms with Crippen LogP contribution in [0.25, 0.3) is 10.9 Å². The standard InChI is InChI=1S/C22H27N3O2S/c1-28(26,27)16-18-6-4-17(5-7-18)14-25-10-2-3-20(15-25)11-19-8-9-22-21(12-19)13-23-24-22/h4-9,12-13,20H,2-3,10-11,14-16H2,1H3,(H,23,24). The van der Waals surface area contributed by atoms with Crippen molar-refractivity contribution in [1.29, 1.82) is 0 Å². The maximum atomic E-state index is 11.4. The molecule has 1 fully saturated rings. The monoisotopic (exact) mass is 397 g/mol. The molecule has 1 unspecified atom stereocenters. The van der Waals surface area contributed by atoms with Crippen LogP contribution < -0.4 is 0 Å². The molecule has 0 amide bonds. The summed E-state index contributed by atoms with van der Waals surface area (Å²) in [4.78, 5) is 2.52. The molecule has 2 heterocycles. The Morgan fingerprint density at radius 1 is 1.11 bits per heavy atom. The Balaban J connectivity index is 1.35. The Hall–Kier alpha value is -2.18. The lowest BCUT2D eigenvalue weighted by atomic mass is 9.90. The van der Waals surface area contributed by atoms with E-state index in [0.717, 1.165) is 37.1 Å². The van der Waals surface area contributed by atoms with Crippen LogP contribution in [0, 0.1) is 5.92 Å². The van der Waals surface area contributed by atoms with Crippen molar-refractivity contribution in [3.05, 3.63) is 65.4 Å². The van der Waals surface area contributed by atoms with E-state index in [0.29, 0.717) is 5.92 Å². The van der Waals surface area contributed by atoms with Crippen LogP contribution in [-0.4, -0.2) is 42.9 Å². The van der Waals surface area contributed by atoms with Crippen molar-refractivity contribution in [2.45, 2.75) is 31.6 Å². The van der Waals surface area contributed by atoms with E-state index in [1.807, 2.05) is 18.3 Å². The summed E-state index contributed by atoms with van der Waals surface area (Å²) in [5.41, 5.74) is 4.58. The van der Waals surface area contributed by atoms with Crippen LogP contribution in [0.4, 0.5) is 0 Å². The van der Waals surface area contributed by atoms with Gasteiger partial charge in [0.05, 0.1) is 17.5 Å². The number of H-pyrrole nitrogens is 1. The largest absolute Gasteiger partial charge is 0.299 e. The van der Waals surface area contributed by atoms with E-state index in [1.165, 1.54) is 35.6 Å². The van der Waals surface area contributed by atoms with Crippen molar-refractivity contribution in [3.63, 3.8) is 0 Å². The number of fused-ring (bicyclic) bond motifs is 1. The maximum Gasteiger partial charge on any atom is 0.151 e. The van der Waals surface area contributed by atoms with Gasteiger partial charge in [0.25, 0.3) is 0 Å². The van der Waals surface area contributed by atoms with Gasteiger partial charge >= 0.3 is 0 Å². The summed E-state index contributed by atoms with van der Waals surface area (Å²) < 4.78 is 22.9. The topological polar surface area (TPSA) is 66.1 Å².